The zero-order valence-electron chi connectivity index (χ0n) is 12.4. The molecule has 0 aliphatic heterocycles. The van der Waals surface area contributed by atoms with Crippen LogP contribution in [0.15, 0.2) is 28.9 Å². The Morgan fingerprint density at radius 2 is 2.10 bits per heavy atom. The maximum atomic E-state index is 5.50. The summed E-state index contributed by atoms with van der Waals surface area (Å²) >= 11 is 0. The zero-order valence-corrected chi connectivity index (χ0v) is 12.4. The van der Waals surface area contributed by atoms with Crippen molar-refractivity contribution in [3.05, 3.63) is 36.0 Å². The minimum Gasteiger partial charge on any atom is -0.478 e. The van der Waals surface area contributed by atoms with Crippen molar-refractivity contribution in [1.29, 1.82) is 0 Å². The van der Waals surface area contributed by atoms with E-state index in [9.17, 15) is 0 Å². The Kier molecular flexibility index (Phi) is 4.27. The molecule has 0 saturated heterocycles. The molecule has 5 nitrogen and oxygen atoms in total. The van der Waals surface area contributed by atoms with Gasteiger partial charge in [-0.1, -0.05) is 20.8 Å². The summed E-state index contributed by atoms with van der Waals surface area (Å²) in [5.41, 5.74) is -0.131. The van der Waals surface area contributed by atoms with Gasteiger partial charge in [0.2, 0.25) is 5.88 Å². The fourth-order valence-electron chi connectivity index (χ4n) is 1.66. The summed E-state index contributed by atoms with van der Waals surface area (Å²) in [6.45, 7) is 9.34. The Labute approximate surface area is 119 Å². The van der Waals surface area contributed by atoms with Crippen LogP contribution in [0.25, 0.3) is 0 Å². The number of aromatic nitrogens is 2. The van der Waals surface area contributed by atoms with Crippen molar-refractivity contribution in [2.24, 2.45) is 0 Å². The third kappa shape index (κ3) is 3.73. The van der Waals surface area contributed by atoms with E-state index < -0.39 is 0 Å². The zero-order chi connectivity index (χ0) is 14.6. The number of ether oxygens (including phenoxy) is 1. The van der Waals surface area contributed by atoms with Crippen LogP contribution in [0.4, 0.5) is 5.82 Å². The third-order valence-electron chi connectivity index (χ3n) is 2.69. The SMILES string of the molecule is CCOc1cc(NCc2ccco2)nc(C(C)(C)C)n1. The molecular weight excluding hydrogens is 254 g/mol. The summed E-state index contributed by atoms with van der Waals surface area (Å²) in [4.78, 5) is 8.99. The van der Waals surface area contributed by atoms with Crippen LogP contribution in [0.5, 0.6) is 5.88 Å². The van der Waals surface area contributed by atoms with E-state index in [1.54, 1.807) is 6.26 Å². The van der Waals surface area contributed by atoms with Crippen LogP contribution in [0.3, 0.4) is 0 Å². The summed E-state index contributed by atoms with van der Waals surface area (Å²) in [7, 11) is 0. The predicted octanol–water partition coefficient (Wildman–Crippen LogP) is 3.38. The normalized spacial score (nSPS) is 11.4. The van der Waals surface area contributed by atoms with Gasteiger partial charge in [-0.05, 0) is 19.1 Å². The van der Waals surface area contributed by atoms with E-state index in [4.69, 9.17) is 9.15 Å². The first kappa shape index (κ1) is 14.4. The largest absolute Gasteiger partial charge is 0.478 e. The lowest BCUT2D eigenvalue weighted by Gasteiger charge is -2.18. The molecule has 0 atom stereocenters. The van der Waals surface area contributed by atoms with Gasteiger partial charge in [-0.15, -0.1) is 0 Å². The van der Waals surface area contributed by atoms with E-state index >= 15 is 0 Å². The molecule has 0 radical (unpaired) electrons. The quantitative estimate of drug-likeness (QED) is 0.906. The van der Waals surface area contributed by atoms with Crippen molar-refractivity contribution in [2.45, 2.75) is 39.7 Å². The van der Waals surface area contributed by atoms with E-state index in [-0.39, 0.29) is 5.41 Å². The van der Waals surface area contributed by atoms with Crippen molar-refractivity contribution < 1.29 is 9.15 Å². The number of nitrogens with zero attached hydrogens (tertiary/aromatic N) is 2. The number of hydrogen-bond acceptors (Lipinski definition) is 5. The van der Waals surface area contributed by atoms with Gasteiger partial charge in [0.05, 0.1) is 19.4 Å². The van der Waals surface area contributed by atoms with Crippen molar-refractivity contribution in [3.63, 3.8) is 0 Å². The fourth-order valence-corrected chi connectivity index (χ4v) is 1.66. The number of rotatable bonds is 5. The van der Waals surface area contributed by atoms with Crippen LogP contribution in [-0.4, -0.2) is 16.6 Å². The lowest BCUT2D eigenvalue weighted by atomic mass is 9.96. The number of anilines is 1. The molecule has 0 amide bonds. The average molecular weight is 275 g/mol. The van der Waals surface area contributed by atoms with Gasteiger partial charge in [-0.2, -0.15) is 4.98 Å². The smallest absolute Gasteiger partial charge is 0.218 e. The summed E-state index contributed by atoms with van der Waals surface area (Å²) < 4.78 is 10.8. The summed E-state index contributed by atoms with van der Waals surface area (Å²) in [5.74, 6) is 2.95. The highest BCUT2D eigenvalue weighted by molar-refractivity contribution is 5.39. The second-order valence-electron chi connectivity index (χ2n) is 5.53. The summed E-state index contributed by atoms with van der Waals surface area (Å²) in [5, 5.41) is 3.23. The van der Waals surface area contributed by atoms with Gasteiger partial charge in [0.25, 0.3) is 0 Å². The molecule has 0 aliphatic carbocycles. The predicted molar refractivity (Wildman–Crippen MR) is 77.9 cm³/mol. The Balaban J connectivity index is 2.20. The molecule has 0 saturated carbocycles. The highest BCUT2D eigenvalue weighted by Gasteiger charge is 2.19. The average Bonchev–Trinajstić information content (AvgIpc) is 2.88. The Morgan fingerprint density at radius 3 is 2.70 bits per heavy atom. The minimum absolute atomic E-state index is 0.131. The first-order valence-electron chi connectivity index (χ1n) is 6.77. The molecule has 2 rings (SSSR count). The number of nitrogens with one attached hydrogen (secondary N) is 1. The van der Waals surface area contributed by atoms with Crippen LogP contribution >= 0.6 is 0 Å². The highest BCUT2D eigenvalue weighted by atomic mass is 16.5. The second kappa shape index (κ2) is 5.94. The third-order valence-corrected chi connectivity index (χ3v) is 2.69. The fraction of sp³-hybridized carbons (Fsp3) is 0.467. The van der Waals surface area contributed by atoms with Gasteiger partial charge in [0.15, 0.2) is 0 Å². The van der Waals surface area contributed by atoms with Gasteiger partial charge < -0.3 is 14.5 Å². The number of hydrogen-bond donors (Lipinski definition) is 1. The van der Waals surface area contributed by atoms with E-state index in [1.165, 1.54) is 0 Å². The molecule has 0 unspecified atom stereocenters. The molecule has 0 aliphatic rings. The van der Waals surface area contributed by atoms with E-state index in [0.717, 1.165) is 17.4 Å². The van der Waals surface area contributed by atoms with Crippen molar-refractivity contribution in [1.82, 2.24) is 9.97 Å². The van der Waals surface area contributed by atoms with E-state index in [1.807, 2.05) is 25.1 Å². The molecule has 2 aromatic heterocycles. The van der Waals surface area contributed by atoms with Crippen molar-refractivity contribution in [3.8, 4) is 5.88 Å². The molecule has 0 bridgehead atoms. The molecule has 20 heavy (non-hydrogen) atoms. The molecule has 2 heterocycles. The van der Waals surface area contributed by atoms with E-state index in [0.29, 0.717) is 19.0 Å². The highest BCUT2D eigenvalue weighted by Crippen LogP contribution is 2.23. The maximum Gasteiger partial charge on any atom is 0.218 e. The van der Waals surface area contributed by atoms with Gasteiger partial charge >= 0.3 is 0 Å². The lowest BCUT2D eigenvalue weighted by molar-refractivity contribution is 0.322. The minimum atomic E-state index is -0.131. The first-order chi connectivity index (χ1) is 9.49. The molecule has 2 aromatic rings. The molecule has 1 N–H and O–H groups in total. The maximum absolute atomic E-state index is 5.50. The van der Waals surface area contributed by atoms with Crippen LogP contribution < -0.4 is 10.1 Å². The van der Waals surface area contributed by atoms with Gasteiger partial charge in [-0.3, -0.25) is 0 Å². The Hall–Kier alpha value is -2.04. The topological polar surface area (TPSA) is 60.2 Å². The van der Waals surface area contributed by atoms with Gasteiger partial charge in [-0.25, -0.2) is 4.98 Å². The summed E-state index contributed by atoms with van der Waals surface area (Å²) in [6.07, 6.45) is 1.66. The standard InChI is InChI=1S/C15H21N3O2/c1-5-19-13-9-12(16-10-11-7-6-8-20-11)17-14(18-13)15(2,3)4/h6-9H,5,10H2,1-4H3,(H,16,17,18). The van der Waals surface area contributed by atoms with Crippen LogP contribution in [-0.2, 0) is 12.0 Å². The van der Waals surface area contributed by atoms with Gasteiger partial charge in [0, 0.05) is 11.5 Å². The molecule has 5 heteroatoms. The molecule has 0 fully saturated rings. The molecule has 0 aromatic carbocycles. The number of furan rings is 1. The summed E-state index contributed by atoms with van der Waals surface area (Å²) in [6, 6.07) is 5.59. The molecular formula is C15H21N3O2. The Morgan fingerprint density at radius 1 is 1.30 bits per heavy atom. The van der Waals surface area contributed by atoms with Crippen molar-refractivity contribution >= 4 is 5.82 Å². The van der Waals surface area contributed by atoms with Crippen LogP contribution in [0.1, 0.15) is 39.3 Å². The van der Waals surface area contributed by atoms with Crippen LogP contribution in [0.2, 0.25) is 0 Å². The van der Waals surface area contributed by atoms with Crippen LogP contribution in [0, 0.1) is 0 Å². The second-order valence-corrected chi connectivity index (χ2v) is 5.53. The monoisotopic (exact) mass is 275 g/mol. The van der Waals surface area contributed by atoms with E-state index in [2.05, 4.69) is 36.1 Å². The molecule has 108 valence electrons. The first-order valence-corrected chi connectivity index (χ1v) is 6.77. The van der Waals surface area contributed by atoms with Crippen molar-refractivity contribution in [2.75, 3.05) is 11.9 Å². The lowest BCUT2D eigenvalue weighted by Crippen LogP contribution is -2.18. The van der Waals surface area contributed by atoms with Gasteiger partial charge in [0.1, 0.15) is 17.4 Å². The molecule has 0 spiro atoms. The Bertz CT molecular complexity index is 545.